The predicted molar refractivity (Wildman–Crippen MR) is 135 cm³/mol. The van der Waals surface area contributed by atoms with Crippen LogP contribution < -0.4 is 21.5 Å². The van der Waals surface area contributed by atoms with E-state index in [2.05, 4.69) is 96.1 Å². The van der Waals surface area contributed by atoms with Crippen molar-refractivity contribution in [1.29, 1.82) is 0 Å². The lowest BCUT2D eigenvalue weighted by Crippen LogP contribution is -2.35. The van der Waals surface area contributed by atoms with E-state index in [0.717, 1.165) is 16.1 Å². The third-order valence-corrected chi connectivity index (χ3v) is 5.67. The number of hydrogen-bond acceptors (Lipinski definition) is 3. The average molecular weight is 420 g/mol. The van der Waals surface area contributed by atoms with Gasteiger partial charge in [-0.1, -0.05) is 72.3 Å². The molecule has 4 aromatic rings. The molecule has 0 atom stereocenters. The van der Waals surface area contributed by atoms with E-state index in [1.165, 1.54) is 33.4 Å². The largest absolute Gasteiger partial charge is 0.385 e. The molecule has 3 aromatic carbocycles. The smallest absolute Gasteiger partial charge is 0.104 e. The number of pyridine rings is 1. The fourth-order valence-electron chi connectivity index (χ4n) is 3.88. The molecule has 160 valence electrons. The maximum absolute atomic E-state index is 6.45. The topological polar surface area (TPSA) is 50.9 Å². The van der Waals surface area contributed by atoms with E-state index < -0.39 is 0 Å². The summed E-state index contributed by atoms with van der Waals surface area (Å²) < 4.78 is 0. The van der Waals surface area contributed by atoms with E-state index in [1.54, 1.807) is 0 Å². The summed E-state index contributed by atoms with van der Waals surface area (Å²) in [6, 6.07) is 27.7. The van der Waals surface area contributed by atoms with Crippen LogP contribution in [0.3, 0.4) is 0 Å². The van der Waals surface area contributed by atoms with Crippen LogP contribution in [0.2, 0.25) is 0 Å². The lowest BCUT2D eigenvalue weighted by Gasteiger charge is -2.10. The second-order valence-electron chi connectivity index (χ2n) is 8.11. The second-order valence-corrected chi connectivity index (χ2v) is 8.11. The number of aromatic nitrogens is 1. The zero-order valence-electron chi connectivity index (χ0n) is 18.9. The Balaban J connectivity index is 1.54. The van der Waals surface area contributed by atoms with Gasteiger partial charge in [0.2, 0.25) is 0 Å². The first-order chi connectivity index (χ1) is 15.5. The highest BCUT2D eigenvalue weighted by Gasteiger charge is 2.02. The molecule has 3 nitrogen and oxygen atoms in total. The van der Waals surface area contributed by atoms with Crippen LogP contribution in [0.1, 0.15) is 23.7 Å². The van der Waals surface area contributed by atoms with Crippen molar-refractivity contribution in [2.75, 3.05) is 0 Å². The van der Waals surface area contributed by atoms with Crippen molar-refractivity contribution in [2.24, 2.45) is 5.73 Å². The van der Waals surface area contributed by atoms with Crippen molar-refractivity contribution in [3.05, 3.63) is 112 Å². The maximum Gasteiger partial charge on any atom is 0.104 e. The molecule has 0 aliphatic carbocycles. The highest BCUT2D eigenvalue weighted by molar-refractivity contribution is 5.65. The van der Waals surface area contributed by atoms with E-state index in [1.807, 2.05) is 26.1 Å². The van der Waals surface area contributed by atoms with Crippen LogP contribution in [0.15, 0.2) is 85.1 Å². The first-order valence-electron chi connectivity index (χ1n) is 10.9. The summed E-state index contributed by atoms with van der Waals surface area (Å²) in [7, 11) is 0. The second kappa shape index (κ2) is 9.52. The molecular formula is C29H29N3. The number of rotatable bonds is 5. The van der Waals surface area contributed by atoms with Crippen molar-refractivity contribution in [1.82, 2.24) is 10.3 Å². The number of nitrogens with zero attached hydrogens (tertiary/aromatic N) is 1. The maximum atomic E-state index is 6.45. The number of benzene rings is 3. The minimum absolute atomic E-state index is 0.671. The van der Waals surface area contributed by atoms with Crippen molar-refractivity contribution in [3.63, 3.8) is 0 Å². The number of nitrogens with two attached hydrogens (primary N) is 1. The van der Waals surface area contributed by atoms with Crippen LogP contribution in [-0.4, -0.2) is 4.98 Å². The standard InChI is InChI=1S/C29H29N3/c1-4-23-18-26(25-7-5-6-20(2)16-25)12-13-28(23)29(30)32-19-22-8-10-24(11-9-22)27-14-15-31-21(3)17-27/h4-18,32H,19,30H2,1-3H3/b23-4-,29-28+. The number of hydrogen-bond donors (Lipinski definition) is 2. The third-order valence-electron chi connectivity index (χ3n) is 5.67. The molecular weight excluding hydrogens is 390 g/mol. The first-order valence-corrected chi connectivity index (χ1v) is 10.9. The average Bonchev–Trinajstić information content (AvgIpc) is 2.82. The van der Waals surface area contributed by atoms with Gasteiger partial charge in [-0.2, -0.15) is 0 Å². The molecule has 0 aliphatic heterocycles. The molecule has 1 aromatic heterocycles. The Morgan fingerprint density at radius 1 is 0.844 bits per heavy atom. The Labute approximate surface area is 190 Å². The summed E-state index contributed by atoms with van der Waals surface area (Å²) in [5.41, 5.74) is 14.7. The van der Waals surface area contributed by atoms with Gasteiger partial charge in [0.1, 0.15) is 5.82 Å². The SMILES string of the molecule is C/C=c1/cc(-c2cccc(C)c2)cc/c1=C(/N)NCc1ccc(-c2ccnc(C)c2)cc1. The Bertz CT molecular complexity index is 1350. The van der Waals surface area contributed by atoms with Gasteiger partial charge in [-0.3, -0.25) is 4.98 Å². The van der Waals surface area contributed by atoms with Crippen LogP contribution in [0.25, 0.3) is 34.2 Å². The van der Waals surface area contributed by atoms with Crippen molar-refractivity contribution >= 4 is 11.9 Å². The van der Waals surface area contributed by atoms with Gasteiger partial charge in [0.15, 0.2) is 0 Å². The zero-order valence-corrected chi connectivity index (χ0v) is 18.9. The highest BCUT2D eigenvalue weighted by atomic mass is 15.0. The Morgan fingerprint density at radius 3 is 2.28 bits per heavy atom. The van der Waals surface area contributed by atoms with Gasteiger partial charge in [-0.15, -0.1) is 0 Å². The molecule has 0 saturated carbocycles. The lowest BCUT2D eigenvalue weighted by molar-refractivity contribution is 0.869. The van der Waals surface area contributed by atoms with E-state index in [0.29, 0.717) is 12.4 Å². The number of nitrogens with one attached hydrogen (secondary N) is 1. The molecule has 0 bridgehead atoms. The summed E-state index contributed by atoms with van der Waals surface area (Å²) in [4.78, 5) is 4.27. The van der Waals surface area contributed by atoms with E-state index in [4.69, 9.17) is 5.73 Å². The first kappa shape index (κ1) is 21.4. The van der Waals surface area contributed by atoms with Gasteiger partial charge in [0.05, 0.1) is 0 Å². The van der Waals surface area contributed by atoms with Gasteiger partial charge in [0.25, 0.3) is 0 Å². The molecule has 0 spiro atoms. The Hall–Kier alpha value is -3.85. The predicted octanol–water partition coefficient (Wildman–Crippen LogP) is 4.65. The number of aryl methyl sites for hydroxylation is 2. The lowest BCUT2D eigenvalue weighted by atomic mass is 10.0. The van der Waals surface area contributed by atoms with Crippen molar-refractivity contribution in [2.45, 2.75) is 27.3 Å². The molecule has 32 heavy (non-hydrogen) atoms. The minimum atomic E-state index is 0.671. The molecule has 4 rings (SSSR count). The minimum Gasteiger partial charge on any atom is -0.385 e. The van der Waals surface area contributed by atoms with Crippen LogP contribution in [0.5, 0.6) is 0 Å². The Kier molecular flexibility index (Phi) is 6.37. The van der Waals surface area contributed by atoms with Gasteiger partial charge in [0, 0.05) is 23.7 Å². The van der Waals surface area contributed by atoms with Gasteiger partial charge in [-0.05, 0) is 72.0 Å². The van der Waals surface area contributed by atoms with Crippen LogP contribution in [0.4, 0.5) is 0 Å². The van der Waals surface area contributed by atoms with Crippen molar-refractivity contribution < 1.29 is 0 Å². The van der Waals surface area contributed by atoms with Gasteiger partial charge < -0.3 is 11.1 Å². The highest BCUT2D eigenvalue weighted by Crippen LogP contribution is 2.20. The molecule has 0 unspecified atom stereocenters. The van der Waals surface area contributed by atoms with E-state index in [-0.39, 0.29) is 0 Å². The molecule has 0 saturated heterocycles. The summed E-state index contributed by atoms with van der Waals surface area (Å²) in [5, 5.41) is 5.53. The molecule has 0 fully saturated rings. The van der Waals surface area contributed by atoms with E-state index >= 15 is 0 Å². The molecule has 3 N–H and O–H groups in total. The zero-order chi connectivity index (χ0) is 22.5. The monoisotopic (exact) mass is 419 g/mol. The Morgan fingerprint density at radius 2 is 1.56 bits per heavy atom. The van der Waals surface area contributed by atoms with Crippen LogP contribution in [-0.2, 0) is 6.54 Å². The molecule has 1 heterocycles. The van der Waals surface area contributed by atoms with Gasteiger partial charge in [-0.25, -0.2) is 0 Å². The summed E-state index contributed by atoms with van der Waals surface area (Å²) >= 11 is 0. The van der Waals surface area contributed by atoms with Gasteiger partial charge >= 0.3 is 0 Å². The van der Waals surface area contributed by atoms with E-state index in [9.17, 15) is 0 Å². The fraction of sp³-hybridized carbons (Fsp3) is 0.138. The summed E-state index contributed by atoms with van der Waals surface area (Å²) in [6.07, 6.45) is 3.96. The molecule has 0 radical (unpaired) electrons. The quantitative estimate of drug-likeness (QED) is 0.495. The fourth-order valence-corrected chi connectivity index (χ4v) is 3.88. The molecule has 0 aliphatic rings. The van der Waals surface area contributed by atoms with Crippen LogP contribution in [0, 0.1) is 13.8 Å². The van der Waals surface area contributed by atoms with Crippen LogP contribution >= 0.6 is 0 Å². The third kappa shape index (κ3) is 4.89. The van der Waals surface area contributed by atoms with Crippen molar-refractivity contribution in [3.8, 4) is 22.3 Å². The summed E-state index contributed by atoms with van der Waals surface area (Å²) in [5.74, 6) is 0.683. The molecule has 3 heteroatoms. The summed E-state index contributed by atoms with van der Waals surface area (Å²) in [6.45, 7) is 6.84. The normalized spacial score (nSPS) is 12.5. The molecule has 0 amide bonds.